The second kappa shape index (κ2) is 13.6. The van der Waals surface area contributed by atoms with E-state index in [9.17, 15) is 0 Å². The topological polar surface area (TPSA) is 55.4 Å². The van der Waals surface area contributed by atoms with Gasteiger partial charge in [0.1, 0.15) is 0 Å². The summed E-state index contributed by atoms with van der Waals surface area (Å²) in [4.78, 5) is 0. The molecule has 1 aliphatic heterocycles. The Balaban J connectivity index is 3.01. The molecule has 0 saturated carbocycles. The Morgan fingerprint density at radius 3 is 0.833 bits per heavy atom. The van der Waals surface area contributed by atoms with E-state index in [0.717, 1.165) is 36.3 Å². The minimum absolute atomic E-state index is 1.04. The summed E-state index contributed by atoms with van der Waals surface area (Å²) in [6.45, 7) is 34.7. The fraction of sp³-hybridized carbons (Fsp3) is 1.00. The van der Waals surface area contributed by atoms with Gasteiger partial charge in [-0.15, -0.1) is 0 Å². The predicted octanol–water partition coefficient (Wildman–Crippen LogP) is 6.88. The molecule has 15 heteroatoms. The van der Waals surface area contributed by atoms with Crippen molar-refractivity contribution < 1.29 is 24.7 Å². The first-order chi connectivity index (χ1) is 15.9. The smallest absolute Gasteiger partial charge is 0.317 e. The summed E-state index contributed by atoms with van der Waals surface area (Å²) in [7, 11) is -15.2. The summed E-state index contributed by atoms with van der Waals surface area (Å²) in [5.74, 6) is 0. The zero-order chi connectivity index (χ0) is 28.2. The molecule has 6 nitrogen and oxygen atoms in total. The van der Waals surface area contributed by atoms with Crippen molar-refractivity contribution in [3.8, 4) is 0 Å². The summed E-state index contributed by atoms with van der Waals surface area (Å²) in [6, 6.07) is 6.52. The van der Waals surface area contributed by atoms with Gasteiger partial charge in [-0.2, -0.15) is 0 Å². The van der Waals surface area contributed by atoms with Gasteiger partial charge in [-0.3, -0.25) is 0 Å². The zero-order valence-electron chi connectivity index (χ0n) is 26.4. The molecule has 0 aromatic carbocycles. The van der Waals surface area contributed by atoms with Crippen LogP contribution >= 0.6 is 0 Å². The third-order valence-corrected chi connectivity index (χ3v) is 38.3. The highest BCUT2D eigenvalue weighted by molar-refractivity contribution is 6.94. The zero-order valence-corrected chi connectivity index (χ0v) is 35.9. The van der Waals surface area contributed by atoms with Crippen LogP contribution in [0.2, 0.25) is 134 Å². The molecule has 0 aromatic rings. The lowest BCUT2D eigenvalue weighted by molar-refractivity contribution is 0.224. The van der Waals surface area contributed by atoms with Crippen LogP contribution in [0.1, 0.15) is 0 Å². The van der Waals surface area contributed by atoms with E-state index >= 15 is 0 Å². The van der Waals surface area contributed by atoms with Crippen LogP contribution in [0.15, 0.2) is 0 Å². The van der Waals surface area contributed by atoms with Crippen molar-refractivity contribution in [2.45, 2.75) is 134 Å². The molecule has 0 radical (unpaired) electrons. The lowest BCUT2D eigenvalue weighted by Crippen LogP contribution is -2.67. The molecule has 216 valence electrons. The quantitative estimate of drug-likeness (QED) is 0.179. The Morgan fingerprint density at radius 1 is 0.472 bits per heavy atom. The lowest BCUT2D eigenvalue weighted by Gasteiger charge is -2.51. The van der Waals surface area contributed by atoms with Crippen molar-refractivity contribution in [1.82, 2.24) is 0 Å². The molecule has 0 aliphatic carbocycles. The van der Waals surface area contributed by atoms with Crippen LogP contribution in [0.25, 0.3) is 0 Å². The normalized spacial score (nSPS) is 30.8. The average Bonchev–Trinajstić information content (AvgIpc) is 2.58. The van der Waals surface area contributed by atoms with Crippen LogP contribution in [0.4, 0.5) is 0 Å². The third kappa shape index (κ3) is 15.5. The maximum absolute atomic E-state index is 7.02. The molecular weight excluding hydrogens is 601 g/mol. The van der Waals surface area contributed by atoms with Crippen LogP contribution in [0, 0.1) is 0 Å². The number of rotatable bonds is 15. The number of hydrogen-bond acceptors (Lipinski definition) is 6. The molecule has 0 spiro atoms. The second-order valence-corrected chi connectivity index (χ2v) is 47.3. The minimum Gasteiger partial charge on any atom is -0.458 e. The molecule has 3 atom stereocenters. The first-order valence-corrected chi connectivity index (χ1v) is 39.2. The number of hydrogen-bond donors (Lipinski definition) is 0. The molecule has 1 aliphatic rings. The van der Waals surface area contributed by atoms with E-state index in [1.54, 1.807) is 0 Å². The molecule has 0 aromatic heterocycles. The molecule has 1 saturated heterocycles. The third-order valence-electron chi connectivity index (χ3n) is 5.97. The molecule has 36 heavy (non-hydrogen) atoms. The highest BCUT2D eigenvalue weighted by Gasteiger charge is 2.56. The van der Waals surface area contributed by atoms with Gasteiger partial charge in [-0.05, 0) is 134 Å². The molecule has 3 unspecified atom stereocenters. The summed E-state index contributed by atoms with van der Waals surface area (Å²) < 4.78 is 40.5. The van der Waals surface area contributed by atoms with Crippen LogP contribution in [0.3, 0.4) is 0 Å². The molecule has 1 heterocycles. The first kappa shape index (κ1) is 35.7. The van der Waals surface area contributed by atoms with Gasteiger partial charge in [0.2, 0.25) is 0 Å². The average molecular weight is 661 g/mol. The van der Waals surface area contributed by atoms with Crippen LogP contribution in [-0.4, -0.2) is 77.8 Å². The van der Waals surface area contributed by atoms with E-state index in [-0.39, 0.29) is 0 Å². The fourth-order valence-corrected chi connectivity index (χ4v) is 47.2. The van der Waals surface area contributed by atoms with E-state index in [2.05, 4.69) is 98.2 Å². The van der Waals surface area contributed by atoms with Gasteiger partial charge in [0.15, 0.2) is 52.1 Å². The van der Waals surface area contributed by atoms with Crippen molar-refractivity contribution in [3.05, 3.63) is 0 Å². The van der Waals surface area contributed by atoms with Gasteiger partial charge < -0.3 is 24.7 Å². The van der Waals surface area contributed by atoms with Crippen LogP contribution < -0.4 is 0 Å². The van der Waals surface area contributed by atoms with E-state index < -0.39 is 77.8 Å². The Morgan fingerprint density at radius 2 is 0.667 bits per heavy atom. The van der Waals surface area contributed by atoms with Gasteiger partial charge in [0.25, 0.3) is 0 Å². The minimum atomic E-state index is -2.35. The molecule has 0 amide bonds. The molecule has 0 bridgehead atoms. The van der Waals surface area contributed by atoms with Gasteiger partial charge in [-0.1, -0.05) is 0 Å². The Bertz CT molecular complexity index is 584. The van der Waals surface area contributed by atoms with Gasteiger partial charge in [-0.25, -0.2) is 0 Å². The van der Waals surface area contributed by atoms with Crippen LogP contribution in [-0.2, 0) is 24.7 Å². The standard InChI is InChI=1S/C21H60O6Si9/c1-28(22-31(4,5)6)16-19-34(13)25-35(14,20-17-29(2)23-32(7,8)9)27-36(15,26-34)21-18-30(3)24-33(10,11)12/h28-30H,16-21H2,1-15H3. The monoisotopic (exact) mass is 660 g/mol. The molecule has 1 fully saturated rings. The first-order valence-electron chi connectivity index (χ1n) is 14.1. The van der Waals surface area contributed by atoms with Gasteiger partial charge >= 0.3 is 25.7 Å². The lowest BCUT2D eigenvalue weighted by atomic mass is 10.9. The SMILES string of the molecule is C[SiH](CC[Si]1(C)O[Si](C)(CC[SiH](C)O[Si](C)(C)C)O[Si](C)(CC[SiH](C)O[Si](C)(C)C)O1)O[Si](C)(C)C. The highest BCUT2D eigenvalue weighted by Crippen LogP contribution is 2.39. The second-order valence-electron chi connectivity index (χ2n) is 14.4. The van der Waals surface area contributed by atoms with E-state index in [4.69, 9.17) is 24.7 Å². The van der Waals surface area contributed by atoms with Crippen molar-refractivity contribution in [2.75, 3.05) is 0 Å². The van der Waals surface area contributed by atoms with Crippen molar-refractivity contribution >= 4 is 77.8 Å². The molecule has 1 rings (SSSR count). The molecular formula is C21H60O6Si9. The van der Waals surface area contributed by atoms with E-state index in [0.29, 0.717) is 0 Å². The summed E-state index contributed by atoms with van der Waals surface area (Å²) in [5.41, 5.74) is 0. The Labute approximate surface area is 235 Å². The van der Waals surface area contributed by atoms with E-state index in [1.165, 1.54) is 0 Å². The summed E-state index contributed by atoms with van der Waals surface area (Å²) in [5, 5.41) is 0. The molecule has 0 N–H and O–H groups in total. The highest BCUT2D eigenvalue weighted by atomic mass is 28.5. The van der Waals surface area contributed by atoms with E-state index in [1.807, 2.05) is 0 Å². The predicted molar refractivity (Wildman–Crippen MR) is 179 cm³/mol. The van der Waals surface area contributed by atoms with Gasteiger partial charge in [0, 0.05) is 0 Å². The van der Waals surface area contributed by atoms with Gasteiger partial charge in [0.05, 0.1) is 0 Å². The fourth-order valence-electron chi connectivity index (χ4n) is 5.12. The largest absolute Gasteiger partial charge is 0.458 e. The maximum Gasteiger partial charge on any atom is 0.317 e. The Hall–Kier alpha value is 1.71. The van der Waals surface area contributed by atoms with Crippen molar-refractivity contribution in [3.63, 3.8) is 0 Å². The summed E-state index contributed by atoms with van der Waals surface area (Å²) >= 11 is 0. The summed E-state index contributed by atoms with van der Waals surface area (Å²) in [6.07, 6.45) is 0. The van der Waals surface area contributed by atoms with Crippen molar-refractivity contribution in [1.29, 1.82) is 0 Å². The van der Waals surface area contributed by atoms with Crippen LogP contribution in [0.5, 0.6) is 0 Å². The maximum atomic E-state index is 7.02. The Kier molecular flexibility index (Phi) is 13.5. The van der Waals surface area contributed by atoms with Crippen molar-refractivity contribution in [2.24, 2.45) is 0 Å².